The zero-order valence-corrected chi connectivity index (χ0v) is 12.2. The molecule has 3 saturated heterocycles. The molecule has 0 amide bonds. The second-order valence-corrected chi connectivity index (χ2v) is 7.24. The van der Waals surface area contributed by atoms with Gasteiger partial charge in [0.05, 0.1) is 0 Å². The molecule has 0 aromatic carbocycles. The second-order valence-electron chi connectivity index (χ2n) is 7.24. The maximum atomic E-state index is 3.71. The molecule has 3 heterocycles. The second kappa shape index (κ2) is 5.34. The van der Waals surface area contributed by atoms with Gasteiger partial charge in [-0.1, -0.05) is 0 Å². The fraction of sp³-hybridized carbons (Fsp3) is 1.00. The van der Waals surface area contributed by atoms with Crippen LogP contribution in [-0.4, -0.2) is 60.6 Å². The van der Waals surface area contributed by atoms with Crippen LogP contribution in [0.2, 0.25) is 0 Å². The Morgan fingerprint density at radius 1 is 0.737 bits per heavy atom. The standard InChI is InChI=1S/C16H29N3/c1-2-16(17-8-1)13-5-9-18(10-6-13)15-7-11-19(12-15)14-3-4-14/h13-17H,1-12H2. The normalized spacial score (nSPS) is 39.2. The number of piperidine rings is 1. The lowest BCUT2D eigenvalue weighted by Crippen LogP contribution is -2.46. The van der Waals surface area contributed by atoms with Gasteiger partial charge in [-0.15, -0.1) is 0 Å². The third-order valence-corrected chi connectivity index (χ3v) is 6.02. The fourth-order valence-corrected chi connectivity index (χ4v) is 4.64. The molecule has 0 aromatic rings. The first-order valence-electron chi connectivity index (χ1n) is 8.61. The van der Waals surface area contributed by atoms with Crippen LogP contribution in [0.3, 0.4) is 0 Å². The minimum Gasteiger partial charge on any atom is -0.314 e. The summed E-state index contributed by atoms with van der Waals surface area (Å²) in [6.45, 7) is 6.75. The van der Waals surface area contributed by atoms with E-state index in [-0.39, 0.29) is 0 Å². The third-order valence-electron chi connectivity index (χ3n) is 6.02. The van der Waals surface area contributed by atoms with E-state index in [1.807, 2.05) is 0 Å². The van der Waals surface area contributed by atoms with Gasteiger partial charge in [-0.3, -0.25) is 9.80 Å². The Morgan fingerprint density at radius 2 is 1.53 bits per heavy atom. The van der Waals surface area contributed by atoms with Gasteiger partial charge in [0.1, 0.15) is 0 Å². The van der Waals surface area contributed by atoms with Crippen LogP contribution in [0.25, 0.3) is 0 Å². The van der Waals surface area contributed by atoms with Gasteiger partial charge in [0, 0.05) is 31.2 Å². The highest BCUT2D eigenvalue weighted by Crippen LogP contribution is 2.33. The predicted molar refractivity (Wildman–Crippen MR) is 78.3 cm³/mol. The molecule has 0 spiro atoms. The first-order valence-corrected chi connectivity index (χ1v) is 8.61. The highest BCUT2D eigenvalue weighted by Gasteiger charge is 2.38. The molecule has 2 atom stereocenters. The number of hydrogen-bond acceptors (Lipinski definition) is 3. The molecule has 4 fully saturated rings. The van der Waals surface area contributed by atoms with Crippen LogP contribution in [0, 0.1) is 5.92 Å². The molecular formula is C16H29N3. The summed E-state index contributed by atoms with van der Waals surface area (Å²) in [5.74, 6) is 0.972. The highest BCUT2D eigenvalue weighted by molar-refractivity contribution is 4.94. The number of nitrogens with zero attached hydrogens (tertiary/aromatic N) is 2. The molecule has 1 saturated carbocycles. The van der Waals surface area contributed by atoms with Gasteiger partial charge >= 0.3 is 0 Å². The number of rotatable bonds is 3. The zero-order valence-electron chi connectivity index (χ0n) is 12.2. The summed E-state index contributed by atoms with van der Waals surface area (Å²) in [6, 6.07) is 2.72. The minimum atomic E-state index is 0.855. The summed E-state index contributed by atoms with van der Waals surface area (Å²) in [4.78, 5) is 5.57. The molecule has 4 rings (SSSR count). The molecule has 3 nitrogen and oxygen atoms in total. The predicted octanol–water partition coefficient (Wildman–Crippen LogP) is 1.69. The van der Waals surface area contributed by atoms with Gasteiger partial charge in [0.25, 0.3) is 0 Å². The molecule has 1 N–H and O–H groups in total. The summed E-state index contributed by atoms with van der Waals surface area (Å²) in [6.07, 6.45) is 10.1. The number of hydrogen-bond donors (Lipinski definition) is 1. The van der Waals surface area contributed by atoms with Crippen molar-refractivity contribution < 1.29 is 0 Å². The summed E-state index contributed by atoms with van der Waals surface area (Å²) in [5, 5.41) is 3.71. The lowest BCUT2D eigenvalue weighted by atomic mass is 9.88. The summed E-state index contributed by atoms with van der Waals surface area (Å²) < 4.78 is 0. The van der Waals surface area contributed by atoms with Crippen molar-refractivity contribution in [1.29, 1.82) is 0 Å². The Bertz CT molecular complexity index is 301. The largest absolute Gasteiger partial charge is 0.314 e. The zero-order chi connectivity index (χ0) is 12.7. The Morgan fingerprint density at radius 3 is 2.21 bits per heavy atom. The fourth-order valence-electron chi connectivity index (χ4n) is 4.64. The van der Waals surface area contributed by atoms with Gasteiger partial charge < -0.3 is 5.32 Å². The Hall–Kier alpha value is -0.120. The quantitative estimate of drug-likeness (QED) is 0.836. The van der Waals surface area contributed by atoms with E-state index in [0.717, 1.165) is 24.0 Å². The molecule has 0 bridgehead atoms. The number of likely N-dealkylation sites (tertiary alicyclic amines) is 2. The summed E-state index contributed by atoms with van der Waals surface area (Å²) in [5.41, 5.74) is 0. The molecule has 1 aliphatic carbocycles. The Balaban J connectivity index is 1.26. The van der Waals surface area contributed by atoms with Gasteiger partial charge in [-0.2, -0.15) is 0 Å². The van der Waals surface area contributed by atoms with Gasteiger partial charge in [0.15, 0.2) is 0 Å². The van der Waals surface area contributed by atoms with Crippen molar-refractivity contribution in [3.63, 3.8) is 0 Å². The Kier molecular flexibility index (Phi) is 3.55. The molecule has 3 heteroatoms. The van der Waals surface area contributed by atoms with E-state index in [9.17, 15) is 0 Å². The van der Waals surface area contributed by atoms with E-state index in [2.05, 4.69) is 15.1 Å². The molecule has 108 valence electrons. The van der Waals surface area contributed by atoms with Crippen molar-refractivity contribution in [3.8, 4) is 0 Å². The molecular weight excluding hydrogens is 234 g/mol. The minimum absolute atomic E-state index is 0.855. The maximum absolute atomic E-state index is 3.71. The van der Waals surface area contributed by atoms with Crippen molar-refractivity contribution in [2.75, 3.05) is 32.7 Å². The van der Waals surface area contributed by atoms with E-state index in [4.69, 9.17) is 0 Å². The van der Waals surface area contributed by atoms with Crippen molar-refractivity contribution >= 4 is 0 Å². The number of nitrogens with one attached hydrogen (secondary N) is 1. The van der Waals surface area contributed by atoms with Crippen LogP contribution in [0.4, 0.5) is 0 Å². The van der Waals surface area contributed by atoms with Crippen molar-refractivity contribution in [1.82, 2.24) is 15.1 Å². The summed E-state index contributed by atoms with van der Waals surface area (Å²) >= 11 is 0. The Labute approximate surface area is 117 Å². The van der Waals surface area contributed by atoms with Crippen molar-refractivity contribution in [3.05, 3.63) is 0 Å². The van der Waals surface area contributed by atoms with Crippen LogP contribution in [0.1, 0.15) is 44.9 Å². The van der Waals surface area contributed by atoms with Gasteiger partial charge in [0.2, 0.25) is 0 Å². The van der Waals surface area contributed by atoms with Crippen LogP contribution in [0.5, 0.6) is 0 Å². The van der Waals surface area contributed by atoms with Crippen LogP contribution < -0.4 is 5.32 Å². The van der Waals surface area contributed by atoms with E-state index in [1.54, 1.807) is 0 Å². The average Bonchev–Trinajstić information content (AvgIpc) is 2.97. The SMILES string of the molecule is C1CNC(C2CCN(C3CCN(C4CC4)C3)CC2)C1. The van der Waals surface area contributed by atoms with E-state index in [0.29, 0.717) is 0 Å². The smallest absolute Gasteiger partial charge is 0.0235 e. The lowest BCUT2D eigenvalue weighted by molar-refractivity contribution is 0.119. The molecule has 2 unspecified atom stereocenters. The van der Waals surface area contributed by atoms with Crippen LogP contribution in [0.15, 0.2) is 0 Å². The van der Waals surface area contributed by atoms with E-state index >= 15 is 0 Å². The summed E-state index contributed by atoms with van der Waals surface area (Å²) in [7, 11) is 0. The topological polar surface area (TPSA) is 18.5 Å². The monoisotopic (exact) mass is 263 g/mol. The highest BCUT2D eigenvalue weighted by atomic mass is 15.3. The molecule has 0 radical (unpaired) electrons. The van der Waals surface area contributed by atoms with E-state index in [1.165, 1.54) is 77.7 Å². The molecule has 0 aromatic heterocycles. The van der Waals surface area contributed by atoms with Crippen molar-refractivity contribution in [2.24, 2.45) is 5.92 Å². The van der Waals surface area contributed by atoms with Crippen LogP contribution >= 0.6 is 0 Å². The third kappa shape index (κ3) is 2.70. The van der Waals surface area contributed by atoms with Crippen LogP contribution in [-0.2, 0) is 0 Å². The van der Waals surface area contributed by atoms with Gasteiger partial charge in [-0.05, 0) is 70.5 Å². The maximum Gasteiger partial charge on any atom is 0.0235 e. The molecule has 19 heavy (non-hydrogen) atoms. The first-order chi connectivity index (χ1) is 9.40. The van der Waals surface area contributed by atoms with E-state index < -0.39 is 0 Å². The van der Waals surface area contributed by atoms with Gasteiger partial charge in [-0.25, -0.2) is 0 Å². The first kappa shape index (κ1) is 12.6. The average molecular weight is 263 g/mol. The van der Waals surface area contributed by atoms with Crippen molar-refractivity contribution in [2.45, 2.75) is 63.1 Å². The molecule has 3 aliphatic heterocycles. The molecule has 4 aliphatic rings. The lowest BCUT2D eigenvalue weighted by Gasteiger charge is -2.38.